The highest BCUT2D eigenvalue weighted by Crippen LogP contribution is 2.17. The Kier molecular flexibility index (Phi) is 5.95. The summed E-state index contributed by atoms with van der Waals surface area (Å²) in [7, 11) is -3.76. The largest absolute Gasteiger partial charge is 0.481 e. The van der Waals surface area contributed by atoms with Crippen molar-refractivity contribution in [2.24, 2.45) is 0 Å². The Morgan fingerprint density at radius 3 is 2.58 bits per heavy atom. The molecule has 8 heteroatoms. The van der Waals surface area contributed by atoms with Crippen LogP contribution in [0.15, 0.2) is 24.3 Å². The van der Waals surface area contributed by atoms with Crippen molar-refractivity contribution in [1.29, 1.82) is 0 Å². The Hall–Kier alpha value is -1.93. The van der Waals surface area contributed by atoms with Gasteiger partial charge in [0.1, 0.15) is 5.75 Å². The average Bonchev–Trinajstić information content (AvgIpc) is 2.55. The number of sulfonamides is 1. The highest BCUT2D eigenvalue weighted by molar-refractivity contribution is 7.90. The van der Waals surface area contributed by atoms with Crippen molar-refractivity contribution in [3.05, 3.63) is 29.8 Å². The summed E-state index contributed by atoms with van der Waals surface area (Å²) in [6.45, 7) is 3.61. The number of amides is 1. The zero-order valence-corrected chi connectivity index (χ0v) is 14.5. The van der Waals surface area contributed by atoms with Crippen LogP contribution >= 0.6 is 0 Å². The van der Waals surface area contributed by atoms with Crippen molar-refractivity contribution in [2.75, 3.05) is 13.2 Å². The van der Waals surface area contributed by atoms with Gasteiger partial charge in [-0.3, -0.25) is 9.59 Å². The molecule has 0 bridgehead atoms. The fourth-order valence-electron chi connectivity index (χ4n) is 2.34. The summed E-state index contributed by atoms with van der Waals surface area (Å²) in [6.07, 6.45) is -0.293. The summed E-state index contributed by atoms with van der Waals surface area (Å²) < 4.78 is 37.1. The SMILES string of the molecule is CC(=O)c1cccc(O[C@@H](C)C(=O)NS(=O)(=O)C2CCOCC2)c1. The second kappa shape index (κ2) is 7.76. The smallest absolute Gasteiger partial charge is 0.274 e. The van der Waals surface area contributed by atoms with Gasteiger partial charge in [0.2, 0.25) is 10.0 Å². The number of nitrogens with one attached hydrogen (secondary N) is 1. The van der Waals surface area contributed by atoms with Gasteiger partial charge in [-0.05, 0) is 38.8 Å². The van der Waals surface area contributed by atoms with Gasteiger partial charge in [0.25, 0.3) is 5.91 Å². The third-order valence-corrected chi connectivity index (χ3v) is 5.61. The zero-order chi connectivity index (χ0) is 17.7. The van der Waals surface area contributed by atoms with E-state index >= 15 is 0 Å². The number of hydrogen-bond acceptors (Lipinski definition) is 6. The first kappa shape index (κ1) is 18.4. The molecule has 1 aliphatic heterocycles. The van der Waals surface area contributed by atoms with Crippen molar-refractivity contribution < 1.29 is 27.5 Å². The summed E-state index contributed by atoms with van der Waals surface area (Å²) in [5, 5.41) is -0.636. The van der Waals surface area contributed by atoms with Crippen molar-refractivity contribution in [2.45, 2.75) is 38.0 Å². The molecule has 0 spiro atoms. The number of Topliss-reactive ketones (excluding diaryl/α,β-unsaturated/α-hetero) is 1. The Morgan fingerprint density at radius 1 is 1.29 bits per heavy atom. The average molecular weight is 355 g/mol. The van der Waals surface area contributed by atoms with Gasteiger partial charge in [0.15, 0.2) is 11.9 Å². The highest BCUT2D eigenvalue weighted by Gasteiger charge is 2.31. The lowest BCUT2D eigenvalue weighted by molar-refractivity contribution is -0.125. The zero-order valence-electron chi connectivity index (χ0n) is 13.7. The maximum atomic E-state index is 12.2. The number of carbonyl (C=O) groups excluding carboxylic acids is 2. The molecule has 2 rings (SSSR count). The lowest BCUT2D eigenvalue weighted by atomic mass is 10.1. The van der Waals surface area contributed by atoms with E-state index in [4.69, 9.17) is 9.47 Å². The normalized spacial score (nSPS) is 17.1. The second-order valence-corrected chi connectivity index (χ2v) is 7.63. The summed E-state index contributed by atoms with van der Waals surface area (Å²) >= 11 is 0. The molecule has 7 nitrogen and oxygen atoms in total. The van der Waals surface area contributed by atoms with E-state index in [0.717, 1.165) is 0 Å². The minimum absolute atomic E-state index is 0.125. The van der Waals surface area contributed by atoms with Crippen LogP contribution < -0.4 is 9.46 Å². The Bertz CT molecular complexity index is 709. The molecular weight excluding hydrogens is 334 g/mol. The molecule has 0 aliphatic carbocycles. The van der Waals surface area contributed by atoms with Crippen LogP contribution in [0.2, 0.25) is 0 Å². The molecule has 1 fully saturated rings. The van der Waals surface area contributed by atoms with Gasteiger partial charge >= 0.3 is 0 Å². The molecule has 1 heterocycles. The van der Waals surface area contributed by atoms with Crippen LogP contribution in [-0.4, -0.2) is 44.7 Å². The summed E-state index contributed by atoms with van der Waals surface area (Å²) in [6, 6.07) is 6.38. The molecule has 1 saturated heterocycles. The second-order valence-electron chi connectivity index (χ2n) is 5.67. The van der Waals surface area contributed by atoms with Crippen LogP contribution in [0.4, 0.5) is 0 Å². The maximum absolute atomic E-state index is 12.2. The lowest BCUT2D eigenvalue weighted by Gasteiger charge is -2.23. The fourth-order valence-corrected chi connectivity index (χ4v) is 3.76. The van der Waals surface area contributed by atoms with E-state index in [2.05, 4.69) is 4.72 Å². The molecule has 0 unspecified atom stereocenters. The van der Waals surface area contributed by atoms with Crippen molar-refractivity contribution >= 4 is 21.7 Å². The molecular formula is C16H21NO6S. The van der Waals surface area contributed by atoms with Crippen LogP contribution in [0.3, 0.4) is 0 Å². The standard InChI is InChI=1S/C16H21NO6S/c1-11(18)13-4-3-5-14(10-13)23-12(2)16(19)17-24(20,21)15-6-8-22-9-7-15/h3-5,10,12,15H,6-9H2,1-2H3,(H,17,19)/t12-/m0/s1. The van der Waals surface area contributed by atoms with Crippen LogP contribution in [0.25, 0.3) is 0 Å². The van der Waals surface area contributed by atoms with Crippen LogP contribution in [-0.2, 0) is 19.6 Å². The summed E-state index contributed by atoms with van der Waals surface area (Å²) in [4.78, 5) is 23.5. The van der Waals surface area contributed by atoms with Crippen LogP contribution in [0.5, 0.6) is 5.75 Å². The van der Waals surface area contributed by atoms with Gasteiger partial charge in [-0.2, -0.15) is 0 Å². The van der Waals surface area contributed by atoms with Crippen molar-refractivity contribution in [3.8, 4) is 5.75 Å². The van der Waals surface area contributed by atoms with E-state index in [1.54, 1.807) is 18.2 Å². The molecule has 1 N–H and O–H groups in total. The molecule has 1 atom stereocenters. The van der Waals surface area contributed by atoms with E-state index in [-0.39, 0.29) is 5.78 Å². The molecule has 0 saturated carbocycles. The molecule has 1 aromatic rings. The summed E-state index contributed by atoms with van der Waals surface area (Å²) in [5.41, 5.74) is 0.454. The summed E-state index contributed by atoms with van der Waals surface area (Å²) in [5.74, 6) is -0.539. The Balaban J connectivity index is 1.99. The topological polar surface area (TPSA) is 98.8 Å². The van der Waals surface area contributed by atoms with Crippen LogP contribution in [0, 0.1) is 0 Å². The molecule has 0 aromatic heterocycles. The van der Waals surface area contributed by atoms with E-state index in [1.807, 2.05) is 0 Å². The van der Waals surface area contributed by atoms with E-state index in [9.17, 15) is 18.0 Å². The van der Waals surface area contributed by atoms with Gasteiger partial charge in [-0.25, -0.2) is 13.1 Å². The third kappa shape index (κ3) is 4.78. The molecule has 0 radical (unpaired) electrons. The number of carbonyl (C=O) groups is 2. The molecule has 24 heavy (non-hydrogen) atoms. The minimum Gasteiger partial charge on any atom is -0.481 e. The van der Waals surface area contributed by atoms with Crippen molar-refractivity contribution in [1.82, 2.24) is 4.72 Å². The van der Waals surface area contributed by atoms with Gasteiger partial charge in [-0.1, -0.05) is 12.1 Å². The molecule has 132 valence electrons. The third-order valence-electron chi connectivity index (χ3n) is 3.77. The van der Waals surface area contributed by atoms with E-state index in [1.165, 1.54) is 19.9 Å². The first-order valence-corrected chi connectivity index (χ1v) is 9.25. The number of ether oxygens (including phenoxy) is 2. The monoisotopic (exact) mass is 355 g/mol. The first-order chi connectivity index (χ1) is 11.3. The van der Waals surface area contributed by atoms with Gasteiger partial charge < -0.3 is 9.47 Å². The number of rotatable bonds is 6. The quantitative estimate of drug-likeness (QED) is 0.772. The molecule has 1 aromatic carbocycles. The van der Waals surface area contributed by atoms with E-state index < -0.39 is 27.3 Å². The van der Waals surface area contributed by atoms with Gasteiger partial charge in [0.05, 0.1) is 5.25 Å². The minimum atomic E-state index is -3.76. The van der Waals surface area contributed by atoms with Crippen molar-refractivity contribution in [3.63, 3.8) is 0 Å². The number of ketones is 1. The fraction of sp³-hybridized carbons (Fsp3) is 0.500. The van der Waals surface area contributed by atoms with Gasteiger partial charge in [0, 0.05) is 18.8 Å². The Labute approximate surface area is 141 Å². The number of benzene rings is 1. The predicted octanol–water partition coefficient (Wildman–Crippen LogP) is 1.28. The lowest BCUT2D eigenvalue weighted by Crippen LogP contribution is -2.45. The number of hydrogen-bond donors (Lipinski definition) is 1. The molecule has 1 aliphatic rings. The predicted molar refractivity (Wildman–Crippen MR) is 87.4 cm³/mol. The first-order valence-electron chi connectivity index (χ1n) is 7.70. The van der Waals surface area contributed by atoms with E-state index in [0.29, 0.717) is 37.4 Å². The van der Waals surface area contributed by atoms with Crippen LogP contribution in [0.1, 0.15) is 37.0 Å². The van der Waals surface area contributed by atoms with Gasteiger partial charge in [-0.15, -0.1) is 0 Å². The highest BCUT2D eigenvalue weighted by atomic mass is 32.2. The molecule has 1 amide bonds. The Morgan fingerprint density at radius 2 is 1.96 bits per heavy atom. The maximum Gasteiger partial charge on any atom is 0.274 e.